The number of rotatable bonds is 4. The van der Waals surface area contributed by atoms with E-state index < -0.39 is 0 Å². The van der Waals surface area contributed by atoms with Gasteiger partial charge in [-0.1, -0.05) is 12.1 Å². The van der Waals surface area contributed by atoms with Crippen molar-refractivity contribution < 1.29 is 19.1 Å². The van der Waals surface area contributed by atoms with Gasteiger partial charge < -0.3 is 14.6 Å². The van der Waals surface area contributed by atoms with Crippen molar-refractivity contribution in [2.24, 2.45) is 7.05 Å². The lowest BCUT2D eigenvalue weighted by Gasteiger charge is -2.10. The Bertz CT molecular complexity index is 859. The SMILES string of the molecule is COc1cccc(Cc2c3c(O)c(OC)ccc3cc[n+]2C)c1. The highest BCUT2D eigenvalue weighted by molar-refractivity contribution is 5.91. The van der Waals surface area contributed by atoms with E-state index in [-0.39, 0.29) is 5.75 Å². The van der Waals surface area contributed by atoms with Gasteiger partial charge in [0.05, 0.1) is 26.0 Å². The molecule has 3 rings (SSSR count). The second-order valence-corrected chi connectivity index (χ2v) is 5.48. The fourth-order valence-corrected chi connectivity index (χ4v) is 2.84. The highest BCUT2D eigenvalue weighted by atomic mass is 16.5. The number of fused-ring (bicyclic) bond motifs is 1. The van der Waals surface area contributed by atoms with Crippen LogP contribution in [0.2, 0.25) is 0 Å². The zero-order chi connectivity index (χ0) is 16.4. The highest BCUT2D eigenvalue weighted by Gasteiger charge is 2.19. The fraction of sp³-hybridized carbons (Fsp3) is 0.211. The first-order chi connectivity index (χ1) is 11.1. The molecule has 1 heterocycles. The van der Waals surface area contributed by atoms with Gasteiger partial charge in [0.25, 0.3) is 0 Å². The summed E-state index contributed by atoms with van der Waals surface area (Å²) in [6.07, 6.45) is 2.69. The summed E-state index contributed by atoms with van der Waals surface area (Å²) in [4.78, 5) is 0. The van der Waals surface area contributed by atoms with E-state index in [0.717, 1.165) is 27.8 Å². The molecule has 1 N–H and O–H groups in total. The molecule has 23 heavy (non-hydrogen) atoms. The number of hydrogen-bond acceptors (Lipinski definition) is 3. The Labute approximate surface area is 135 Å². The van der Waals surface area contributed by atoms with Crippen LogP contribution in [0.5, 0.6) is 17.2 Å². The Morgan fingerprint density at radius 1 is 1.04 bits per heavy atom. The molecule has 0 aliphatic rings. The van der Waals surface area contributed by atoms with Gasteiger partial charge in [0.15, 0.2) is 23.4 Å². The van der Waals surface area contributed by atoms with Crippen molar-refractivity contribution in [3.05, 3.63) is 59.9 Å². The van der Waals surface area contributed by atoms with Gasteiger partial charge in [-0.25, -0.2) is 4.57 Å². The van der Waals surface area contributed by atoms with E-state index in [2.05, 4.69) is 6.07 Å². The number of benzene rings is 2. The van der Waals surface area contributed by atoms with Crippen molar-refractivity contribution in [1.82, 2.24) is 0 Å². The molecule has 3 aromatic rings. The molecule has 1 aromatic heterocycles. The topological polar surface area (TPSA) is 42.6 Å². The van der Waals surface area contributed by atoms with Crippen LogP contribution in [-0.2, 0) is 13.5 Å². The molecule has 118 valence electrons. The Balaban J connectivity index is 2.17. The lowest BCUT2D eigenvalue weighted by atomic mass is 10.0. The van der Waals surface area contributed by atoms with Gasteiger partial charge in [-0.05, 0) is 35.2 Å². The van der Waals surface area contributed by atoms with Crippen LogP contribution in [0.15, 0.2) is 48.7 Å². The zero-order valence-corrected chi connectivity index (χ0v) is 13.5. The van der Waals surface area contributed by atoms with Crippen LogP contribution >= 0.6 is 0 Å². The Morgan fingerprint density at radius 2 is 1.87 bits per heavy atom. The lowest BCUT2D eigenvalue weighted by molar-refractivity contribution is -0.677. The molecule has 0 atom stereocenters. The average molecular weight is 310 g/mol. The third-order valence-electron chi connectivity index (χ3n) is 4.09. The maximum atomic E-state index is 10.6. The third kappa shape index (κ3) is 2.80. The van der Waals surface area contributed by atoms with E-state index in [9.17, 15) is 5.11 Å². The monoisotopic (exact) mass is 310 g/mol. The minimum Gasteiger partial charge on any atom is -0.504 e. The van der Waals surface area contributed by atoms with Crippen molar-refractivity contribution in [1.29, 1.82) is 0 Å². The van der Waals surface area contributed by atoms with E-state index in [4.69, 9.17) is 9.47 Å². The number of aryl methyl sites for hydroxylation is 1. The number of methoxy groups -OCH3 is 2. The van der Waals surface area contributed by atoms with Gasteiger partial charge in [-0.3, -0.25) is 0 Å². The smallest absolute Gasteiger partial charge is 0.197 e. The molecule has 0 aliphatic carbocycles. The second kappa shape index (κ2) is 6.16. The molecule has 4 nitrogen and oxygen atoms in total. The Kier molecular flexibility index (Phi) is 4.06. The fourth-order valence-electron chi connectivity index (χ4n) is 2.84. The van der Waals surface area contributed by atoms with Crippen molar-refractivity contribution in [2.45, 2.75) is 6.42 Å². The maximum Gasteiger partial charge on any atom is 0.197 e. The van der Waals surface area contributed by atoms with E-state index in [1.807, 2.05) is 48.1 Å². The van der Waals surface area contributed by atoms with Gasteiger partial charge in [-0.2, -0.15) is 0 Å². The molecule has 0 saturated heterocycles. The average Bonchev–Trinajstić information content (AvgIpc) is 2.58. The van der Waals surface area contributed by atoms with Crippen LogP contribution in [0, 0.1) is 0 Å². The number of aromatic hydroxyl groups is 1. The first-order valence-corrected chi connectivity index (χ1v) is 7.44. The standard InChI is InChI=1S/C19H19NO3/c1-20-10-9-14-7-8-17(23-3)19(21)18(14)16(20)12-13-5-4-6-15(11-13)22-2/h4-11H,12H2,1-3H3/p+1. The largest absolute Gasteiger partial charge is 0.504 e. The number of phenols is 1. The van der Waals surface area contributed by atoms with Crippen molar-refractivity contribution in [2.75, 3.05) is 14.2 Å². The van der Waals surface area contributed by atoms with E-state index >= 15 is 0 Å². The van der Waals surface area contributed by atoms with Gasteiger partial charge in [0.2, 0.25) is 0 Å². The molecule has 0 aliphatic heterocycles. The molecule has 0 fully saturated rings. The number of phenolic OH excluding ortho intramolecular Hbond substituents is 1. The molecular formula is C19H20NO3+. The molecule has 0 saturated carbocycles. The van der Waals surface area contributed by atoms with Crippen LogP contribution in [0.3, 0.4) is 0 Å². The number of nitrogens with zero attached hydrogens (tertiary/aromatic N) is 1. The van der Waals surface area contributed by atoms with E-state index in [0.29, 0.717) is 12.2 Å². The third-order valence-corrected chi connectivity index (χ3v) is 4.09. The minimum absolute atomic E-state index is 0.180. The van der Waals surface area contributed by atoms with Gasteiger partial charge in [0, 0.05) is 6.07 Å². The highest BCUT2D eigenvalue weighted by Crippen LogP contribution is 2.36. The van der Waals surface area contributed by atoms with Gasteiger partial charge in [-0.15, -0.1) is 0 Å². The van der Waals surface area contributed by atoms with Gasteiger partial charge >= 0.3 is 0 Å². The summed E-state index contributed by atoms with van der Waals surface area (Å²) < 4.78 is 12.6. The second-order valence-electron chi connectivity index (χ2n) is 5.48. The Morgan fingerprint density at radius 3 is 2.61 bits per heavy atom. The predicted octanol–water partition coefficient (Wildman–Crippen LogP) is 2.98. The predicted molar refractivity (Wildman–Crippen MR) is 89.1 cm³/mol. The van der Waals surface area contributed by atoms with Crippen molar-refractivity contribution in [3.8, 4) is 17.2 Å². The van der Waals surface area contributed by atoms with Crippen LogP contribution in [0.4, 0.5) is 0 Å². The summed E-state index contributed by atoms with van der Waals surface area (Å²) in [6, 6.07) is 13.7. The van der Waals surface area contributed by atoms with Crippen LogP contribution in [0.25, 0.3) is 10.8 Å². The molecule has 0 bridgehead atoms. The van der Waals surface area contributed by atoms with Crippen molar-refractivity contribution >= 4 is 10.8 Å². The Hall–Kier alpha value is -2.75. The quantitative estimate of drug-likeness (QED) is 0.753. The number of ether oxygens (including phenoxy) is 2. The molecule has 4 heteroatoms. The molecule has 0 spiro atoms. The zero-order valence-electron chi connectivity index (χ0n) is 13.5. The summed E-state index contributed by atoms with van der Waals surface area (Å²) >= 11 is 0. The molecule has 0 amide bonds. The number of aromatic nitrogens is 1. The lowest BCUT2D eigenvalue weighted by Crippen LogP contribution is -2.33. The molecule has 0 radical (unpaired) electrons. The summed E-state index contributed by atoms with van der Waals surface area (Å²) in [7, 11) is 5.20. The first kappa shape index (κ1) is 15.2. The van der Waals surface area contributed by atoms with E-state index in [1.165, 1.54) is 0 Å². The van der Waals surface area contributed by atoms with Crippen LogP contribution < -0.4 is 14.0 Å². The summed E-state index contributed by atoms with van der Waals surface area (Å²) in [5.41, 5.74) is 2.14. The molecule has 2 aromatic carbocycles. The van der Waals surface area contributed by atoms with Gasteiger partial charge in [0.1, 0.15) is 12.8 Å². The molecular weight excluding hydrogens is 290 g/mol. The summed E-state index contributed by atoms with van der Waals surface area (Å²) in [6.45, 7) is 0. The maximum absolute atomic E-state index is 10.6. The van der Waals surface area contributed by atoms with E-state index in [1.54, 1.807) is 20.3 Å². The van der Waals surface area contributed by atoms with Crippen molar-refractivity contribution in [3.63, 3.8) is 0 Å². The van der Waals surface area contributed by atoms with Crippen LogP contribution in [-0.4, -0.2) is 19.3 Å². The summed E-state index contributed by atoms with van der Waals surface area (Å²) in [5, 5.41) is 12.4. The molecule has 0 unspecified atom stereocenters. The minimum atomic E-state index is 0.180. The van der Waals surface area contributed by atoms with Crippen LogP contribution in [0.1, 0.15) is 11.3 Å². The number of hydrogen-bond donors (Lipinski definition) is 1. The first-order valence-electron chi connectivity index (χ1n) is 7.44. The summed E-state index contributed by atoms with van der Waals surface area (Å²) in [5.74, 6) is 1.49. The number of pyridine rings is 1. The normalized spacial score (nSPS) is 10.7.